The summed E-state index contributed by atoms with van der Waals surface area (Å²) in [4.78, 5) is 26.1. The van der Waals surface area contributed by atoms with E-state index in [0.717, 1.165) is 42.1 Å². The zero-order valence-corrected chi connectivity index (χ0v) is 18.3. The number of aromatic nitrogens is 1. The molecule has 0 saturated heterocycles. The summed E-state index contributed by atoms with van der Waals surface area (Å²) < 4.78 is 1.89. The molecule has 1 aromatic heterocycles. The highest BCUT2D eigenvalue weighted by Gasteiger charge is 2.33. The summed E-state index contributed by atoms with van der Waals surface area (Å²) in [6.07, 6.45) is 3.44. The van der Waals surface area contributed by atoms with Gasteiger partial charge in [0, 0.05) is 30.5 Å². The van der Waals surface area contributed by atoms with Crippen molar-refractivity contribution in [3.05, 3.63) is 71.9 Å². The van der Waals surface area contributed by atoms with Crippen molar-refractivity contribution in [2.45, 2.75) is 37.6 Å². The van der Waals surface area contributed by atoms with Gasteiger partial charge in [-0.3, -0.25) is 9.59 Å². The lowest BCUT2D eigenvalue weighted by Gasteiger charge is -2.31. The molecule has 3 atom stereocenters. The average Bonchev–Trinajstić information content (AvgIpc) is 3.17. The number of carbonyl (C=O) groups excluding carboxylic acids is 2. The van der Waals surface area contributed by atoms with Crippen molar-refractivity contribution in [3.8, 4) is 6.07 Å². The molecule has 0 spiro atoms. The lowest BCUT2D eigenvalue weighted by atomic mass is 9.83. The van der Waals surface area contributed by atoms with E-state index in [-0.39, 0.29) is 30.3 Å². The van der Waals surface area contributed by atoms with Crippen LogP contribution >= 0.6 is 0 Å². The lowest BCUT2D eigenvalue weighted by Crippen LogP contribution is -2.49. The quantitative estimate of drug-likeness (QED) is 0.624. The van der Waals surface area contributed by atoms with Gasteiger partial charge in [-0.05, 0) is 30.5 Å². The summed E-state index contributed by atoms with van der Waals surface area (Å²) >= 11 is 0. The molecule has 32 heavy (non-hydrogen) atoms. The SMILES string of the molecule is Cn1c(C(=O)NC2CCCCC2C(=O)NC[C@H](C#N)c2ccccc2)cc2ccccc21. The van der Waals surface area contributed by atoms with E-state index in [2.05, 4.69) is 16.7 Å². The van der Waals surface area contributed by atoms with Gasteiger partial charge >= 0.3 is 0 Å². The van der Waals surface area contributed by atoms with Gasteiger partial charge in [0.1, 0.15) is 5.69 Å². The van der Waals surface area contributed by atoms with Crippen molar-refractivity contribution >= 4 is 22.7 Å². The Morgan fingerprint density at radius 3 is 2.56 bits per heavy atom. The maximum absolute atomic E-state index is 13.1. The molecule has 1 fully saturated rings. The van der Waals surface area contributed by atoms with Crippen LogP contribution in [-0.4, -0.2) is 29.0 Å². The zero-order valence-electron chi connectivity index (χ0n) is 18.3. The van der Waals surface area contributed by atoms with Crippen LogP contribution in [0.25, 0.3) is 10.9 Å². The Hall–Kier alpha value is -3.59. The van der Waals surface area contributed by atoms with Crippen molar-refractivity contribution in [2.24, 2.45) is 13.0 Å². The fraction of sp³-hybridized carbons (Fsp3) is 0.346. The van der Waals surface area contributed by atoms with Crippen molar-refractivity contribution in [1.29, 1.82) is 5.26 Å². The summed E-state index contributed by atoms with van der Waals surface area (Å²) in [5, 5.41) is 16.6. The van der Waals surface area contributed by atoms with E-state index in [4.69, 9.17) is 0 Å². The second kappa shape index (κ2) is 9.69. The van der Waals surface area contributed by atoms with Gasteiger partial charge in [-0.25, -0.2) is 0 Å². The topological polar surface area (TPSA) is 86.9 Å². The average molecular weight is 429 g/mol. The summed E-state index contributed by atoms with van der Waals surface area (Å²) in [5.41, 5.74) is 2.48. The molecule has 2 N–H and O–H groups in total. The van der Waals surface area contributed by atoms with Crippen molar-refractivity contribution in [1.82, 2.24) is 15.2 Å². The molecular weight excluding hydrogens is 400 g/mol. The molecule has 3 aromatic rings. The summed E-state index contributed by atoms with van der Waals surface area (Å²) in [6, 6.07) is 21.3. The van der Waals surface area contributed by atoms with Crippen LogP contribution in [0.15, 0.2) is 60.7 Å². The van der Waals surface area contributed by atoms with E-state index in [1.165, 1.54) is 0 Å². The Kier molecular flexibility index (Phi) is 6.55. The summed E-state index contributed by atoms with van der Waals surface area (Å²) in [6.45, 7) is 0.264. The summed E-state index contributed by atoms with van der Waals surface area (Å²) in [5.74, 6) is -0.944. The predicted molar refractivity (Wildman–Crippen MR) is 124 cm³/mol. The number of nitrogens with zero attached hydrogens (tertiary/aromatic N) is 2. The third-order valence-corrected chi connectivity index (χ3v) is 6.44. The molecule has 6 nitrogen and oxygen atoms in total. The molecule has 0 radical (unpaired) electrons. The first-order chi connectivity index (χ1) is 15.6. The van der Waals surface area contributed by atoms with E-state index >= 15 is 0 Å². The number of aryl methyl sites for hydroxylation is 1. The van der Waals surface area contributed by atoms with Gasteiger partial charge in [-0.2, -0.15) is 5.26 Å². The van der Waals surface area contributed by atoms with E-state index in [1.807, 2.05) is 72.3 Å². The molecule has 2 amide bonds. The molecule has 6 heteroatoms. The number of para-hydroxylation sites is 1. The number of nitriles is 1. The smallest absolute Gasteiger partial charge is 0.268 e. The van der Waals surface area contributed by atoms with E-state index in [1.54, 1.807) is 0 Å². The molecule has 2 aromatic carbocycles. The van der Waals surface area contributed by atoms with Crippen LogP contribution in [0.2, 0.25) is 0 Å². The number of fused-ring (bicyclic) bond motifs is 1. The molecule has 2 unspecified atom stereocenters. The Morgan fingerprint density at radius 2 is 1.81 bits per heavy atom. The maximum Gasteiger partial charge on any atom is 0.268 e. The van der Waals surface area contributed by atoms with Crippen LogP contribution in [-0.2, 0) is 11.8 Å². The van der Waals surface area contributed by atoms with Crippen molar-refractivity contribution in [2.75, 3.05) is 6.54 Å². The minimum atomic E-state index is -0.396. The first-order valence-electron chi connectivity index (χ1n) is 11.2. The van der Waals surface area contributed by atoms with E-state index in [0.29, 0.717) is 5.69 Å². The summed E-state index contributed by atoms with van der Waals surface area (Å²) in [7, 11) is 1.88. The monoisotopic (exact) mass is 428 g/mol. The fourth-order valence-corrected chi connectivity index (χ4v) is 4.62. The van der Waals surface area contributed by atoms with Crippen molar-refractivity contribution < 1.29 is 9.59 Å². The number of hydrogen-bond donors (Lipinski definition) is 2. The zero-order chi connectivity index (χ0) is 22.5. The Labute approximate surface area is 188 Å². The second-order valence-electron chi connectivity index (χ2n) is 8.46. The predicted octanol–water partition coefficient (Wildman–Crippen LogP) is 3.89. The number of amides is 2. The van der Waals surface area contributed by atoms with Gasteiger partial charge < -0.3 is 15.2 Å². The van der Waals surface area contributed by atoms with Gasteiger partial charge in [-0.15, -0.1) is 0 Å². The van der Waals surface area contributed by atoms with E-state index < -0.39 is 5.92 Å². The van der Waals surface area contributed by atoms with Gasteiger partial charge in [0.05, 0.1) is 17.9 Å². The number of carbonyl (C=O) groups is 2. The molecule has 0 bridgehead atoms. The number of nitrogens with one attached hydrogen (secondary N) is 2. The Bertz CT molecular complexity index is 1150. The van der Waals surface area contributed by atoms with Crippen LogP contribution < -0.4 is 10.6 Å². The molecule has 1 aliphatic rings. The highest BCUT2D eigenvalue weighted by atomic mass is 16.2. The third-order valence-electron chi connectivity index (χ3n) is 6.44. The Morgan fingerprint density at radius 1 is 1.09 bits per heavy atom. The minimum absolute atomic E-state index is 0.0942. The maximum atomic E-state index is 13.1. The first-order valence-corrected chi connectivity index (χ1v) is 11.2. The second-order valence-corrected chi connectivity index (χ2v) is 8.46. The first kappa shape index (κ1) is 21.6. The third kappa shape index (κ3) is 4.52. The standard InChI is InChI=1S/C26H28N4O2/c1-30-23-14-8-5-11-19(23)15-24(30)26(32)29-22-13-7-6-12-21(22)25(31)28-17-20(16-27)18-9-3-2-4-10-18/h2-5,8-11,14-15,20-22H,6-7,12-13,17H2,1H3,(H,28,31)(H,29,32)/t20-,21?,22?/m0/s1. The number of hydrogen-bond acceptors (Lipinski definition) is 3. The highest BCUT2D eigenvalue weighted by Crippen LogP contribution is 2.26. The van der Waals surface area contributed by atoms with Gasteiger partial charge in [0.25, 0.3) is 5.91 Å². The molecule has 0 aliphatic heterocycles. The Balaban J connectivity index is 1.43. The van der Waals surface area contributed by atoms with Crippen LogP contribution in [0.3, 0.4) is 0 Å². The normalized spacial score (nSPS) is 19.1. The lowest BCUT2D eigenvalue weighted by molar-refractivity contribution is -0.126. The van der Waals surface area contributed by atoms with Gasteiger partial charge in [-0.1, -0.05) is 61.4 Å². The fourth-order valence-electron chi connectivity index (χ4n) is 4.62. The molecular formula is C26H28N4O2. The highest BCUT2D eigenvalue weighted by molar-refractivity contribution is 5.99. The van der Waals surface area contributed by atoms with Gasteiger partial charge in [0.2, 0.25) is 5.91 Å². The minimum Gasteiger partial charge on any atom is -0.354 e. The molecule has 1 heterocycles. The van der Waals surface area contributed by atoms with Gasteiger partial charge in [0.15, 0.2) is 0 Å². The van der Waals surface area contributed by atoms with Crippen molar-refractivity contribution in [3.63, 3.8) is 0 Å². The number of benzene rings is 2. The van der Waals surface area contributed by atoms with E-state index in [9.17, 15) is 14.9 Å². The van der Waals surface area contributed by atoms with Crippen LogP contribution in [0, 0.1) is 17.2 Å². The van der Waals surface area contributed by atoms with Crippen LogP contribution in [0.5, 0.6) is 0 Å². The molecule has 4 rings (SSSR count). The molecule has 1 saturated carbocycles. The van der Waals surface area contributed by atoms with Crippen LogP contribution in [0.4, 0.5) is 0 Å². The molecule has 1 aliphatic carbocycles. The van der Waals surface area contributed by atoms with Crippen LogP contribution in [0.1, 0.15) is 47.7 Å². The largest absolute Gasteiger partial charge is 0.354 e. The number of rotatable bonds is 6. The molecule has 164 valence electrons.